The summed E-state index contributed by atoms with van der Waals surface area (Å²) < 4.78 is 10.7. The van der Waals surface area contributed by atoms with Gasteiger partial charge in [0.05, 0.1) is 12.7 Å². The summed E-state index contributed by atoms with van der Waals surface area (Å²) in [5.74, 6) is 0.156. The Hall–Kier alpha value is -0.450. The van der Waals surface area contributed by atoms with Crippen molar-refractivity contribution in [1.29, 1.82) is 0 Å². The Kier molecular flexibility index (Phi) is 3.95. The van der Waals surface area contributed by atoms with Gasteiger partial charge < -0.3 is 15.2 Å². The molecule has 2 unspecified atom stereocenters. The van der Waals surface area contributed by atoms with Crippen molar-refractivity contribution >= 4 is 5.78 Å². The highest BCUT2D eigenvalue weighted by Crippen LogP contribution is 2.22. The van der Waals surface area contributed by atoms with E-state index in [1.807, 2.05) is 0 Å². The van der Waals surface area contributed by atoms with E-state index in [0.717, 1.165) is 32.3 Å². The highest BCUT2D eigenvalue weighted by molar-refractivity contribution is 5.88. The first-order chi connectivity index (χ1) is 7.71. The molecule has 2 rings (SSSR count). The van der Waals surface area contributed by atoms with Crippen molar-refractivity contribution in [2.45, 2.75) is 50.2 Å². The minimum Gasteiger partial charge on any atom is -0.379 e. The second-order valence-corrected chi connectivity index (χ2v) is 4.91. The summed E-state index contributed by atoms with van der Waals surface area (Å²) in [6, 6.07) is 0. The van der Waals surface area contributed by atoms with Crippen molar-refractivity contribution in [3.8, 4) is 0 Å². The topological polar surface area (TPSA) is 61.6 Å². The maximum Gasteiger partial charge on any atom is 0.155 e. The number of rotatable bonds is 5. The average molecular weight is 227 g/mol. The van der Waals surface area contributed by atoms with E-state index in [1.54, 1.807) is 0 Å². The molecule has 0 bridgehead atoms. The van der Waals surface area contributed by atoms with Crippen LogP contribution in [-0.4, -0.2) is 37.2 Å². The van der Waals surface area contributed by atoms with Crippen molar-refractivity contribution in [2.75, 3.05) is 19.8 Å². The summed E-state index contributed by atoms with van der Waals surface area (Å²) >= 11 is 0. The SMILES string of the molecule is NC1(C(=O)CCCC2CCCO2)CCOC1. The fourth-order valence-corrected chi connectivity index (χ4v) is 2.41. The van der Waals surface area contributed by atoms with Crippen LogP contribution in [0.2, 0.25) is 0 Å². The third-order valence-electron chi connectivity index (χ3n) is 3.56. The minimum atomic E-state index is -0.698. The predicted octanol–water partition coefficient (Wildman–Crippen LogP) is 1.02. The zero-order valence-corrected chi connectivity index (χ0v) is 9.74. The van der Waals surface area contributed by atoms with E-state index in [2.05, 4.69) is 0 Å². The largest absolute Gasteiger partial charge is 0.379 e. The van der Waals surface area contributed by atoms with Gasteiger partial charge in [0.15, 0.2) is 5.78 Å². The quantitative estimate of drug-likeness (QED) is 0.761. The minimum absolute atomic E-state index is 0.156. The molecule has 2 heterocycles. The summed E-state index contributed by atoms with van der Waals surface area (Å²) in [5.41, 5.74) is 5.29. The van der Waals surface area contributed by atoms with Gasteiger partial charge in [-0.2, -0.15) is 0 Å². The van der Waals surface area contributed by atoms with E-state index in [1.165, 1.54) is 0 Å². The van der Waals surface area contributed by atoms with E-state index < -0.39 is 5.54 Å². The van der Waals surface area contributed by atoms with E-state index >= 15 is 0 Å². The van der Waals surface area contributed by atoms with Crippen LogP contribution in [0.4, 0.5) is 0 Å². The van der Waals surface area contributed by atoms with Crippen molar-refractivity contribution in [1.82, 2.24) is 0 Å². The van der Waals surface area contributed by atoms with Crippen molar-refractivity contribution in [3.05, 3.63) is 0 Å². The molecule has 0 amide bonds. The van der Waals surface area contributed by atoms with Gasteiger partial charge in [0.2, 0.25) is 0 Å². The molecular formula is C12H21NO3. The molecule has 0 aromatic carbocycles. The Bertz CT molecular complexity index is 243. The number of hydrogen-bond donors (Lipinski definition) is 1. The van der Waals surface area contributed by atoms with Crippen molar-refractivity contribution in [2.24, 2.45) is 5.73 Å². The van der Waals surface area contributed by atoms with Gasteiger partial charge in [-0.05, 0) is 32.1 Å². The number of Topliss-reactive ketones (excluding diaryl/α,β-unsaturated/α-hetero) is 1. The van der Waals surface area contributed by atoms with Crippen LogP contribution in [0.3, 0.4) is 0 Å². The Labute approximate surface area is 96.5 Å². The highest BCUT2D eigenvalue weighted by atomic mass is 16.5. The van der Waals surface area contributed by atoms with Crippen LogP contribution >= 0.6 is 0 Å². The normalized spacial score (nSPS) is 34.4. The van der Waals surface area contributed by atoms with E-state index in [-0.39, 0.29) is 5.78 Å². The summed E-state index contributed by atoms with van der Waals surface area (Å²) in [4.78, 5) is 11.9. The first kappa shape index (κ1) is 12.0. The van der Waals surface area contributed by atoms with Gasteiger partial charge in [-0.1, -0.05) is 0 Å². The maximum atomic E-state index is 11.9. The summed E-state index contributed by atoms with van der Waals surface area (Å²) in [6.07, 6.45) is 5.80. The van der Waals surface area contributed by atoms with Crippen LogP contribution < -0.4 is 5.73 Å². The molecule has 2 aliphatic heterocycles. The monoisotopic (exact) mass is 227 g/mol. The molecule has 0 spiro atoms. The molecule has 4 nitrogen and oxygen atoms in total. The van der Waals surface area contributed by atoms with Crippen LogP contribution in [0.1, 0.15) is 38.5 Å². The zero-order chi connectivity index (χ0) is 11.4. The smallest absolute Gasteiger partial charge is 0.155 e. The standard InChI is InChI=1S/C12H21NO3/c13-12(6-8-15-9-12)11(14)5-1-3-10-4-2-7-16-10/h10H,1-9,13H2. The van der Waals surface area contributed by atoms with Crippen LogP contribution in [-0.2, 0) is 14.3 Å². The first-order valence-electron chi connectivity index (χ1n) is 6.22. The molecule has 2 saturated heterocycles. The predicted molar refractivity (Wildman–Crippen MR) is 60.2 cm³/mol. The van der Waals surface area contributed by atoms with Crippen molar-refractivity contribution in [3.63, 3.8) is 0 Å². The third kappa shape index (κ3) is 2.81. The molecule has 0 aromatic rings. The second-order valence-electron chi connectivity index (χ2n) is 4.91. The van der Waals surface area contributed by atoms with Gasteiger partial charge >= 0.3 is 0 Å². The van der Waals surface area contributed by atoms with Crippen LogP contribution in [0.15, 0.2) is 0 Å². The molecule has 0 aliphatic carbocycles. The van der Waals surface area contributed by atoms with Gasteiger partial charge in [0, 0.05) is 19.6 Å². The van der Waals surface area contributed by atoms with E-state index in [4.69, 9.17) is 15.2 Å². The third-order valence-corrected chi connectivity index (χ3v) is 3.56. The fourth-order valence-electron chi connectivity index (χ4n) is 2.41. The maximum absolute atomic E-state index is 11.9. The summed E-state index contributed by atoms with van der Waals surface area (Å²) in [7, 11) is 0. The Morgan fingerprint density at radius 3 is 2.94 bits per heavy atom. The fraction of sp³-hybridized carbons (Fsp3) is 0.917. The zero-order valence-electron chi connectivity index (χ0n) is 9.74. The second kappa shape index (κ2) is 5.25. The number of ketones is 1. The molecule has 16 heavy (non-hydrogen) atoms. The molecule has 0 radical (unpaired) electrons. The first-order valence-corrected chi connectivity index (χ1v) is 6.22. The lowest BCUT2D eigenvalue weighted by molar-refractivity contribution is -0.124. The molecular weight excluding hydrogens is 206 g/mol. The number of nitrogens with two attached hydrogens (primary N) is 1. The van der Waals surface area contributed by atoms with Gasteiger partial charge in [-0.3, -0.25) is 4.79 Å². The number of carbonyl (C=O) groups is 1. The van der Waals surface area contributed by atoms with Gasteiger partial charge in [0.25, 0.3) is 0 Å². The van der Waals surface area contributed by atoms with Crippen LogP contribution in [0.5, 0.6) is 0 Å². The summed E-state index contributed by atoms with van der Waals surface area (Å²) in [6.45, 7) is 1.90. The Balaban J connectivity index is 1.67. The highest BCUT2D eigenvalue weighted by Gasteiger charge is 2.37. The molecule has 2 fully saturated rings. The van der Waals surface area contributed by atoms with Crippen LogP contribution in [0.25, 0.3) is 0 Å². The number of hydrogen-bond acceptors (Lipinski definition) is 4. The molecule has 2 aliphatic rings. The van der Waals surface area contributed by atoms with Gasteiger partial charge in [-0.15, -0.1) is 0 Å². The molecule has 0 aromatic heterocycles. The molecule has 92 valence electrons. The summed E-state index contributed by atoms with van der Waals surface area (Å²) in [5, 5.41) is 0. The number of ether oxygens (including phenoxy) is 2. The van der Waals surface area contributed by atoms with Crippen LogP contribution in [0, 0.1) is 0 Å². The Morgan fingerprint density at radius 1 is 1.44 bits per heavy atom. The number of carbonyl (C=O) groups excluding carboxylic acids is 1. The van der Waals surface area contributed by atoms with Gasteiger partial charge in [-0.25, -0.2) is 0 Å². The lowest BCUT2D eigenvalue weighted by Gasteiger charge is -2.20. The lowest BCUT2D eigenvalue weighted by Crippen LogP contribution is -2.48. The molecule has 4 heteroatoms. The molecule has 2 atom stereocenters. The molecule has 0 saturated carbocycles. The average Bonchev–Trinajstić information content (AvgIpc) is 2.90. The molecule has 2 N–H and O–H groups in total. The van der Waals surface area contributed by atoms with E-state index in [0.29, 0.717) is 32.2 Å². The Morgan fingerprint density at radius 2 is 2.31 bits per heavy atom. The van der Waals surface area contributed by atoms with E-state index in [9.17, 15) is 4.79 Å². The van der Waals surface area contributed by atoms with Crippen molar-refractivity contribution < 1.29 is 14.3 Å². The van der Waals surface area contributed by atoms with Gasteiger partial charge in [0.1, 0.15) is 5.54 Å². The lowest BCUT2D eigenvalue weighted by atomic mass is 9.90.